The molecule has 58 valence electrons. The standard InChI is InChI=1S/C5H8O5/c1-3(6)9-4(2)10-5(7)8/h4H,1-2H3,(H,7,8). The van der Waals surface area contributed by atoms with E-state index in [1.165, 1.54) is 13.8 Å². The summed E-state index contributed by atoms with van der Waals surface area (Å²) in [6.07, 6.45) is -2.50. The third-order valence-corrected chi connectivity index (χ3v) is 0.599. The Bertz CT molecular complexity index is 125. The fourth-order valence-corrected chi connectivity index (χ4v) is 0.400. The van der Waals surface area contributed by atoms with Gasteiger partial charge in [-0.2, -0.15) is 0 Å². The molecule has 0 aromatic rings. The van der Waals surface area contributed by atoms with Crippen LogP contribution in [0.15, 0.2) is 0 Å². The van der Waals surface area contributed by atoms with E-state index in [0.29, 0.717) is 0 Å². The second kappa shape index (κ2) is 3.71. The van der Waals surface area contributed by atoms with Crippen molar-refractivity contribution in [1.29, 1.82) is 0 Å². The number of esters is 1. The quantitative estimate of drug-likeness (QED) is 0.458. The first-order valence-electron chi connectivity index (χ1n) is 2.59. The van der Waals surface area contributed by atoms with Crippen molar-refractivity contribution in [3.63, 3.8) is 0 Å². The Balaban J connectivity index is 3.53. The predicted molar refractivity (Wildman–Crippen MR) is 30.3 cm³/mol. The van der Waals surface area contributed by atoms with Gasteiger partial charge in [0.25, 0.3) is 0 Å². The topological polar surface area (TPSA) is 72.8 Å². The van der Waals surface area contributed by atoms with Gasteiger partial charge < -0.3 is 14.6 Å². The molecule has 0 fully saturated rings. The van der Waals surface area contributed by atoms with Crippen molar-refractivity contribution in [1.82, 2.24) is 0 Å². The van der Waals surface area contributed by atoms with Crippen molar-refractivity contribution in [3.05, 3.63) is 0 Å². The molecule has 0 aliphatic rings. The minimum Gasteiger partial charge on any atom is -0.450 e. The van der Waals surface area contributed by atoms with E-state index in [1.54, 1.807) is 0 Å². The Morgan fingerprint density at radius 1 is 1.40 bits per heavy atom. The molecule has 5 nitrogen and oxygen atoms in total. The van der Waals surface area contributed by atoms with Crippen LogP contribution in [0.3, 0.4) is 0 Å². The highest BCUT2D eigenvalue weighted by Gasteiger charge is 2.08. The molecule has 0 spiro atoms. The normalized spacial score (nSPS) is 11.8. The van der Waals surface area contributed by atoms with Gasteiger partial charge in [-0.3, -0.25) is 4.79 Å². The fourth-order valence-electron chi connectivity index (χ4n) is 0.400. The third-order valence-electron chi connectivity index (χ3n) is 0.599. The smallest absolute Gasteiger partial charge is 0.450 e. The van der Waals surface area contributed by atoms with Crippen LogP contribution >= 0.6 is 0 Å². The van der Waals surface area contributed by atoms with E-state index < -0.39 is 18.4 Å². The Hall–Kier alpha value is -1.26. The number of hydrogen-bond acceptors (Lipinski definition) is 4. The van der Waals surface area contributed by atoms with Gasteiger partial charge in [0.1, 0.15) is 0 Å². The summed E-state index contributed by atoms with van der Waals surface area (Å²) >= 11 is 0. The molecule has 0 saturated heterocycles. The van der Waals surface area contributed by atoms with Crippen molar-refractivity contribution in [2.45, 2.75) is 20.1 Å². The SMILES string of the molecule is CC(=O)OC(C)OC(=O)O. The summed E-state index contributed by atoms with van der Waals surface area (Å²) in [7, 11) is 0. The summed E-state index contributed by atoms with van der Waals surface area (Å²) in [5.41, 5.74) is 0. The maximum atomic E-state index is 10.1. The molecule has 0 aliphatic heterocycles. The van der Waals surface area contributed by atoms with Crippen LogP contribution in [0.4, 0.5) is 4.79 Å². The molecule has 1 atom stereocenters. The van der Waals surface area contributed by atoms with Crippen LogP contribution in [0, 0.1) is 0 Å². The van der Waals surface area contributed by atoms with Gasteiger partial charge in [-0.15, -0.1) is 0 Å². The fraction of sp³-hybridized carbons (Fsp3) is 0.600. The van der Waals surface area contributed by atoms with Gasteiger partial charge in [-0.25, -0.2) is 4.79 Å². The summed E-state index contributed by atoms with van der Waals surface area (Å²) < 4.78 is 8.35. The number of carbonyl (C=O) groups is 2. The maximum absolute atomic E-state index is 10.1. The van der Waals surface area contributed by atoms with Gasteiger partial charge in [0.05, 0.1) is 0 Å². The molecule has 0 aliphatic carbocycles. The molecule has 5 heteroatoms. The molecular formula is C5H8O5. The molecular weight excluding hydrogens is 140 g/mol. The van der Waals surface area contributed by atoms with Crippen LogP contribution in [-0.4, -0.2) is 23.5 Å². The second-order valence-electron chi connectivity index (χ2n) is 1.56. The lowest BCUT2D eigenvalue weighted by molar-refractivity contribution is -0.164. The van der Waals surface area contributed by atoms with Crippen LogP contribution in [-0.2, 0) is 14.3 Å². The lowest BCUT2D eigenvalue weighted by atomic mass is 10.7. The number of rotatable bonds is 2. The van der Waals surface area contributed by atoms with Crippen LogP contribution < -0.4 is 0 Å². The molecule has 1 N–H and O–H groups in total. The van der Waals surface area contributed by atoms with Crippen molar-refractivity contribution in [3.8, 4) is 0 Å². The van der Waals surface area contributed by atoms with Crippen molar-refractivity contribution in [2.75, 3.05) is 0 Å². The van der Waals surface area contributed by atoms with Crippen LogP contribution in [0.25, 0.3) is 0 Å². The molecule has 0 rings (SSSR count). The first-order valence-corrected chi connectivity index (χ1v) is 2.59. The molecule has 10 heavy (non-hydrogen) atoms. The van der Waals surface area contributed by atoms with E-state index >= 15 is 0 Å². The molecule has 0 saturated carbocycles. The summed E-state index contributed by atoms with van der Waals surface area (Å²) in [6, 6.07) is 0. The Labute approximate surface area is 57.5 Å². The first-order chi connectivity index (χ1) is 4.52. The van der Waals surface area contributed by atoms with Gasteiger partial charge in [-0.05, 0) is 0 Å². The Morgan fingerprint density at radius 2 is 1.90 bits per heavy atom. The van der Waals surface area contributed by atoms with Gasteiger partial charge in [-0.1, -0.05) is 0 Å². The van der Waals surface area contributed by atoms with Crippen LogP contribution in [0.1, 0.15) is 13.8 Å². The van der Waals surface area contributed by atoms with Gasteiger partial charge in [0.2, 0.25) is 6.29 Å². The van der Waals surface area contributed by atoms with Crippen molar-refractivity contribution >= 4 is 12.1 Å². The van der Waals surface area contributed by atoms with E-state index in [2.05, 4.69) is 9.47 Å². The van der Waals surface area contributed by atoms with Crippen molar-refractivity contribution < 1.29 is 24.2 Å². The monoisotopic (exact) mass is 148 g/mol. The Kier molecular flexibility index (Phi) is 3.24. The van der Waals surface area contributed by atoms with Crippen molar-refractivity contribution in [2.24, 2.45) is 0 Å². The zero-order valence-corrected chi connectivity index (χ0v) is 5.66. The molecule has 0 bridgehead atoms. The van der Waals surface area contributed by atoms with E-state index in [0.717, 1.165) is 0 Å². The van der Waals surface area contributed by atoms with E-state index in [4.69, 9.17) is 5.11 Å². The van der Waals surface area contributed by atoms with Gasteiger partial charge in [0.15, 0.2) is 0 Å². The average molecular weight is 148 g/mol. The number of ether oxygens (including phenoxy) is 2. The molecule has 0 aromatic heterocycles. The van der Waals surface area contributed by atoms with E-state index in [9.17, 15) is 9.59 Å². The maximum Gasteiger partial charge on any atom is 0.508 e. The number of carboxylic acid groups (broad SMARTS) is 1. The molecule has 1 unspecified atom stereocenters. The lowest BCUT2D eigenvalue weighted by Crippen LogP contribution is -2.18. The number of hydrogen-bond donors (Lipinski definition) is 1. The average Bonchev–Trinajstić information content (AvgIpc) is 1.58. The first kappa shape index (κ1) is 8.74. The largest absolute Gasteiger partial charge is 0.508 e. The highest BCUT2D eigenvalue weighted by atomic mass is 16.8. The predicted octanol–water partition coefficient (Wildman–Crippen LogP) is 0.590. The molecule has 0 heterocycles. The molecule has 0 aromatic carbocycles. The van der Waals surface area contributed by atoms with E-state index in [-0.39, 0.29) is 0 Å². The zero-order valence-electron chi connectivity index (χ0n) is 5.66. The summed E-state index contributed by atoms with van der Waals surface area (Å²) in [4.78, 5) is 19.9. The van der Waals surface area contributed by atoms with Gasteiger partial charge in [0, 0.05) is 13.8 Å². The lowest BCUT2D eigenvalue weighted by Gasteiger charge is -2.08. The molecule has 0 amide bonds. The van der Waals surface area contributed by atoms with Crippen LogP contribution in [0.5, 0.6) is 0 Å². The highest BCUT2D eigenvalue weighted by molar-refractivity contribution is 5.66. The minimum atomic E-state index is -1.46. The zero-order chi connectivity index (χ0) is 8.15. The summed E-state index contributed by atoms with van der Waals surface area (Å²) in [5.74, 6) is -0.575. The Morgan fingerprint density at radius 3 is 2.20 bits per heavy atom. The van der Waals surface area contributed by atoms with Gasteiger partial charge >= 0.3 is 12.1 Å². The van der Waals surface area contributed by atoms with Crippen LogP contribution in [0.2, 0.25) is 0 Å². The summed E-state index contributed by atoms with van der Waals surface area (Å²) in [5, 5.41) is 7.98. The second-order valence-corrected chi connectivity index (χ2v) is 1.56. The molecule has 0 radical (unpaired) electrons. The number of carbonyl (C=O) groups excluding carboxylic acids is 1. The highest BCUT2D eigenvalue weighted by Crippen LogP contribution is 1.93. The minimum absolute atomic E-state index is 0.575. The summed E-state index contributed by atoms with van der Waals surface area (Å²) in [6.45, 7) is 2.48. The third kappa shape index (κ3) is 4.89. The van der Waals surface area contributed by atoms with E-state index in [1.807, 2.05) is 0 Å².